The molecule has 1 amide bonds. The third-order valence-electron chi connectivity index (χ3n) is 1.43. The van der Waals surface area contributed by atoms with Gasteiger partial charge < -0.3 is 4.74 Å². The van der Waals surface area contributed by atoms with Gasteiger partial charge in [-0.15, -0.1) is 0 Å². The van der Waals surface area contributed by atoms with Crippen LogP contribution in [0.25, 0.3) is 0 Å². The van der Waals surface area contributed by atoms with Crippen LogP contribution in [-0.2, 0) is 4.79 Å². The van der Waals surface area contributed by atoms with Gasteiger partial charge in [0.15, 0.2) is 6.61 Å². The summed E-state index contributed by atoms with van der Waals surface area (Å²) in [5, 5.41) is 0. The Morgan fingerprint density at radius 1 is 1.57 bits per heavy atom. The molecule has 4 nitrogen and oxygen atoms in total. The fourth-order valence-corrected chi connectivity index (χ4v) is 0.881. The van der Waals surface area contributed by atoms with Crippen LogP contribution in [0.3, 0.4) is 0 Å². The molecule has 14 heavy (non-hydrogen) atoms. The number of carbonyl (C=O) groups is 1. The van der Waals surface area contributed by atoms with E-state index in [9.17, 15) is 9.18 Å². The molecule has 0 spiro atoms. The zero-order chi connectivity index (χ0) is 10.4. The summed E-state index contributed by atoms with van der Waals surface area (Å²) in [5.41, 5.74) is 4.78. The number of benzene rings is 1. The summed E-state index contributed by atoms with van der Waals surface area (Å²) in [6.07, 6.45) is 0. The molecule has 0 radical (unpaired) electrons. The Hall–Kier alpha value is -1.62. The molecule has 5 heteroatoms. The molecule has 0 atom stereocenters. The van der Waals surface area contributed by atoms with Crippen LogP contribution in [0.4, 0.5) is 4.39 Å². The van der Waals surface area contributed by atoms with E-state index in [0.29, 0.717) is 5.75 Å². The first-order valence-electron chi connectivity index (χ1n) is 4.06. The van der Waals surface area contributed by atoms with Crippen LogP contribution in [0.15, 0.2) is 24.3 Å². The van der Waals surface area contributed by atoms with Crippen molar-refractivity contribution in [2.45, 2.75) is 0 Å². The number of carbonyl (C=O) groups excluding carboxylic acids is 1. The van der Waals surface area contributed by atoms with Gasteiger partial charge in [0.1, 0.15) is 11.6 Å². The third-order valence-corrected chi connectivity index (χ3v) is 1.43. The van der Waals surface area contributed by atoms with Gasteiger partial charge in [0.2, 0.25) is 0 Å². The van der Waals surface area contributed by atoms with Gasteiger partial charge in [-0.1, -0.05) is 6.07 Å². The maximum Gasteiger partial charge on any atom is 0.271 e. The van der Waals surface area contributed by atoms with Gasteiger partial charge in [0.25, 0.3) is 5.91 Å². The molecule has 0 saturated heterocycles. The van der Waals surface area contributed by atoms with Crippen molar-refractivity contribution >= 4 is 5.91 Å². The molecular formula is C9H11FN2O2. The fraction of sp³-hybridized carbons (Fsp3) is 0.222. The second-order valence-electron chi connectivity index (χ2n) is 2.54. The van der Waals surface area contributed by atoms with Gasteiger partial charge in [-0.05, 0) is 12.1 Å². The lowest BCUT2D eigenvalue weighted by molar-refractivity contribution is -0.123. The maximum absolute atomic E-state index is 12.6. The Balaban J connectivity index is 2.41. The predicted molar refractivity (Wildman–Crippen MR) is 49.1 cm³/mol. The number of ether oxygens (including phenoxy) is 1. The molecule has 0 fully saturated rings. The van der Waals surface area contributed by atoms with Crippen molar-refractivity contribution in [2.75, 3.05) is 13.7 Å². The van der Waals surface area contributed by atoms with Gasteiger partial charge in [-0.2, -0.15) is 0 Å². The summed E-state index contributed by atoms with van der Waals surface area (Å²) in [6, 6.07) is 5.61. The Morgan fingerprint density at radius 2 is 2.36 bits per heavy atom. The van der Waals surface area contributed by atoms with Gasteiger partial charge in [-0.3, -0.25) is 10.2 Å². The summed E-state index contributed by atoms with van der Waals surface area (Å²) in [7, 11) is 1.57. The molecule has 0 bridgehead atoms. The van der Waals surface area contributed by atoms with E-state index in [4.69, 9.17) is 4.74 Å². The number of hydrogen-bond donors (Lipinski definition) is 2. The highest BCUT2D eigenvalue weighted by Gasteiger charge is 2.01. The summed E-state index contributed by atoms with van der Waals surface area (Å²) in [6.45, 7) is -0.149. The van der Waals surface area contributed by atoms with Crippen LogP contribution in [0.2, 0.25) is 0 Å². The molecule has 76 valence electrons. The molecule has 0 heterocycles. The summed E-state index contributed by atoms with van der Waals surface area (Å²) in [5.74, 6) is -0.385. The minimum Gasteiger partial charge on any atom is -0.484 e. The first-order chi connectivity index (χ1) is 6.72. The standard InChI is InChI=1S/C9H11FN2O2/c1-11-12-9(13)6-14-8-4-2-3-7(10)5-8/h2-5,11H,6H2,1H3,(H,12,13). The van der Waals surface area contributed by atoms with Crippen molar-refractivity contribution in [1.82, 2.24) is 10.9 Å². The Labute approximate surface area is 81.0 Å². The van der Waals surface area contributed by atoms with Crippen molar-refractivity contribution in [1.29, 1.82) is 0 Å². The van der Waals surface area contributed by atoms with Crippen molar-refractivity contribution < 1.29 is 13.9 Å². The number of halogens is 1. The average Bonchev–Trinajstić information content (AvgIpc) is 2.15. The largest absolute Gasteiger partial charge is 0.484 e. The van der Waals surface area contributed by atoms with Crippen LogP contribution in [-0.4, -0.2) is 19.6 Å². The number of rotatable bonds is 4. The van der Waals surface area contributed by atoms with E-state index >= 15 is 0 Å². The minimum absolute atomic E-state index is 0.149. The average molecular weight is 198 g/mol. The van der Waals surface area contributed by atoms with Crippen LogP contribution in [0.1, 0.15) is 0 Å². The molecular weight excluding hydrogens is 187 g/mol. The van der Waals surface area contributed by atoms with Crippen molar-refractivity contribution in [2.24, 2.45) is 0 Å². The van der Waals surface area contributed by atoms with Crippen LogP contribution >= 0.6 is 0 Å². The fourth-order valence-electron chi connectivity index (χ4n) is 0.881. The number of amides is 1. The normalized spacial score (nSPS) is 9.57. The first kappa shape index (κ1) is 10.5. The third kappa shape index (κ3) is 3.40. The van der Waals surface area contributed by atoms with Crippen molar-refractivity contribution in [3.63, 3.8) is 0 Å². The molecule has 0 aliphatic rings. The molecule has 1 rings (SSSR count). The molecule has 1 aromatic carbocycles. The second kappa shape index (κ2) is 5.18. The van der Waals surface area contributed by atoms with Crippen molar-refractivity contribution in [3.05, 3.63) is 30.1 Å². The molecule has 0 aliphatic heterocycles. The lowest BCUT2D eigenvalue weighted by Crippen LogP contribution is -2.37. The Bertz CT molecular complexity index is 317. The Morgan fingerprint density at radius 3 is 3.00 bits per heavy atom. The topological polar surface area (TPSA) is 50.4 Å². The van der Waals surface area contributed by atoms with Gasteiger partial charge >= 0.3 is 0 Å². The molecule has 0 saturated carbocycles. The number of hydrazine groups is 1. The van der Waals surface area contributed by atoms with E-state index in [1.807, 2.05) is 0 Å². The number of hydrogen-bond acceptors (Lipinski definition) is 3. The summed E-state index contributed by atoms with van der Waals surface area (Å²) < 4.78 is 17.7. The van der Waals surface area contributed by atoms with E-state index in [-0.39, 0.29) is 12.5 Å². The maximum atomic E-state index is 12.6. The first-order valence-corrected chi connectivity index (χ1v) is 4.06. The van der Waals surface area contributed by atoms with E-state index in [0.717, 1.165) is 0 Å². The zero-order valence-electron chi connectivity index (χ0n) is 7.71. The highest BCUT2D eigenvalue weighted by molar-refractivity contribution is 5.76. The Kier molecular flexibility index (Phi) is 3.87. The quantitative estimate of drug-likeness (QED) is 0.691. The summed E-state index contributed by atoms with van der Waals surface area (Å²) >= 11 is 0. The SMILES string of the molecule is CNNC(=O)COc1cccc(F)c1. The molecule has 0 aliphatic carbocycles. The summed E-state index contributed by atoms with van der Waals surface area (Å²) in [4.78, 5) is 10.9. The molecule has 0 unspecified atom stereocenters. The zero-order valence-corrected chi connectivity index (χ0v) is 7.71. The van der Waals surface area contributed by atoms with Gasteiger partial charge in [0.05, 0.1) is 0 Å². The number of nitrogens with one attached hydrogen (secondary N) is 2. The molecule has 2 N–H and O–H groups in total. The highest BCUT2D eigenvalue weighted by atomic mass is 19.1. The molecule has 1 aromatic rings. The predicted octanol–water partition coefficient (Wildman–Crippen LogP) is 0.455. The van der Waals surface area contributed by atoms with E-state index in [1.165, 1.54) is 18.2 Å². The van der Waals surface area contributed by atoms with E-state index in [1.54, 1.807) is 13.1 Å². The lowest BCUT2D eigenvalue weighted by atomic mass is 10.3. The van der Waals surface area contributed by atoms with Gasteiger partial charge in [0, 0.05) is 13.1 Å². The van der Waals surface area contributed by atoms with Crippen LogP contribution < -0.4 is 15.6 Å². The molecule has 0 aromatic heterocycles. The highest BCUT2D eigenvalue weighted by Crippen LogP contribution is 2.11. The van der Waals surface area contributed by atoms with Crippen LogP contribution in [0.5, 0.6) is 5.75 Å². The second-order valence-corrected chi connectivity index (χ2v) is 2.54. The van der Waals surface area contributed by atoms with E-state index in [2.05, 4.69) is 10.9 Å². The lowest BCUT2D eigenvalue weighted by Gasteiger charge is -2.05. The van der Waals surface area contributed by atoms with Gasteiger partial charge in [-0.25, -0.2) is 9.82 Å². The van der Waals surface area contributed by atoms with Crippen LogP contribution in [0, 0.1) is 5.82 Å². The van der Waals surface area contributed by atoms with Crippen molar-refractivity contribution in [3.8, 4) is 5.75 Å². The minimum atomic E-state index is -0.392. The smallest absolute Gasteiger partial charge is 0.271 e. The van der Waals surface area contributed by atoms with E-state index < -0.39 is 5.82 Å². The monoisotopic (exact) mass is 198 g/mol.